The van der Waals surface area contributed by atoms with Crippen LogP contribution in [0.15, 0.2) is 36.7 Å². The SMILES string of the molecule is O=S(O)Cc1ccc(Nc2ncc3ccnc(N4CCC5(COC5)C4)c3n2)c(Cl)c1. The van der Waals surface area contributed by atoms with E-state index in [9.17, 15) is 4.21 Å². The molecule has 2 N–H and O–H groups in total. The molecule has 1 atom stereocenters. The third-order valence-electron chi connectivity index (χ3n) is 5.60. The van der Waals surface area contributed by atoms with Gasteiger partial charge in [0.15, 0.2) is 16.9 Å². The lowest BCUT2D eigenvalue weighted by Crippen LogP contribution is -2.44. The van der Waals surface area contributed by atoms with Crippen molar-refractivity contribution < 1.29 is 13.5 Å². The van der Waals surface area contributed by atoms with E-state index in [1.165, 1.54) is 0 Å². The number of anilines is 3. The Kier molecular flexibility index (Phi) is 5.06. The number of ether oxygens (including phenoxy) is 1. The summed E-state index contributed by atoms with van der Waals surface area (Å²) in [7, 11) is 0. The fraction of sp³-hybridized carbons (Fsp3) is 0.350. The van der Waals surface area contributed by atoms with Gasteiger partial charge in [-0.25, -0.2) is 19.2 Å². The van der Waals surface area contributed by atoms with E-state index in [-0.39, 0.29) is 11.2 Å². The predicted octanol–water partition coefficient (Wildman–Crippen LogP) is 3.37. The number of nitrogens with zero attached hydrogens (tertiary/aromatic N) is 4. The number of rotatable bonds is 5. The van der Waals surface area contributed by atoms with Crippen molar-refractivity contribution >= 4 is 51.0 Å². The number of aromatic nitrogens is 3. The third kappa shape index (κ3) is 3.74. The topological polar surface area (TPSA) is 100 Å². The summed E-state index contributed by atoms with van der Waals surface area (Å²) in [5.41, 5.74) is 2.35. The van der Waals surface area contributed by atoms with E-state index in [1.807, 2.05) is 6.07 Å². The Morgan fingerprint density at radius 3 is 2.87 bits per heavy atom. The maximum atomic E-state index is 11.0. The smallest absolute Gasteiger partial charge is 0.227 e. The van der Waals surface area contributed by atoms with Gasteiger partial charge in [0, 0.05) is 36.3 Å². The first-order valence-corrected chi connectivity index (χ1v) is 11.2. The molecular formula is C20H20ClN5O3S. The second kappa shape index (κ2) is 7.73. The van der Waals surface area contributed by atoms with Gasteiger partial charge in [-0.3, -0.25) is 0 Å². The third-order valence-corrected chi connectivity index (χ3v) is 6.50. The van der Waals surface area contributed by atoms with Crippen LogP contribution in [0, 0.1) is 5.41 Å². The van der Waals surface area contributed by atoms with Crippen molar-refractivity contribution in [2.45, 2.75) is 12.2 Å². The fourth-order valence-electron chi connectivity index (χ4n) is 3.99. The molecule has 8 nitrogen and oxygen atoms in total. The summed E-state index contributed by atoms with van der Waals surface area (Å²) in [6, 6.07) is 7.07. The zero-order chi connectivity index (χ0) is 20.7. The van der Waals surface area contributed by atoms with Crippen LogP contribution in [-0.2, 0) is 21.6 Å². The Morgan fingerprint density at radius 2 is 2.17 bits per heavy atom. The van der Waals surface area contributed by atoms with Gasteiger partial charge in [-0.15, -0.1) is 0 Å². The predicted molar refractivity (Wildman–Crippen MR) is 117 cm³/mol. The molecule has 1 aromatic carbocycles. The largest absolute Gasteiger partial charge is 0.380 e. The lowest BCUT2D eigenvalue weighted by Gasteiger charge is -2.37. The number of pyridine rings is 1. The zero-order valence-corrected chi connectivity index (χ0v) is 17.6. The number of halogens is 1. The number of nitrogens with one attached hydrogen (secondary N) is 1. The van der Waals surface area contributed by atoms with E-state index in [0.717, 1.165) is 49.4 Å². The number of benzene rings is 1. The summed E-state index contributed by atoms with van der Waals surface area (Å²) < 4.78 is 25.5. The molecule has 2 aromatic heterocycles. The van der Waals surface area contributed by atoms with E-state index >= 15 is 0 Å². The minimum atomic E-state index is -1.91. The van der Waals surface area contributed by atoms with Gasteiger partial charge >= 0.3 is 0 Å². The molecule has 5 rings (SSSR count). The molecule has 2 saturated heterocycles. The number of fused-ring (bicyclic) bond motifs is 1. The van der Waals surface area contributed by atoms with Crippen LogP contribution >= 0.6 is 11.6 Å². The van der Waals surface area contributed by atoms with Crippen molar-refractivity contribution in [3.63, 3.8) is 0 Å². The molecule has 2 aliphatic heterocycles. The van der Waals surface area contributed by atoms with E-state index in [4.69, 9.17) is 25.9 Å². The maximum absolute atomic E-state index is 11.0. The quantitative estimate of drug-likeness (QED) is 0.576. The van der Waals surface area contributed by atoms with E-state index < -0.39 is 11.1 Å². The Hall–Kier alpha value is -2.33. The molecule has 0 amide bonds. The van der Waals surface area contributed by atoms with Gasteiger partial charge in [-0.05, 0) is 30.2 Å². The molecule has 156 valence electrons. The Balaban J connectivity index is 1.43. The highest BCUT2D eigenvalue weighted by molar-refractivity contribution is 7.78. The van der Waals surface area contributed by atoms with Gasteiger partial charge in [-0.2, -0.15) is 0 Å². The van der Waals surface area contributed by atoms with Crippen LogP contribution in [-0.4, -0.2) is 50.0 Å². The molecule has 1 unspecified atom stereocenters. The summed E-state index contributed by atoms with van der Waals surface area (Å²) in [5, 5.41) is 4.49. The monoisotopic (exact) mass is 445 g/mol. The molecule has 2 fully saturated rings. The lowest BCUT2D eigenvalue weighted by atomic mass is 9.85. The summed E-state index contributed by atoms with van der Waals surface area (Å²) in [6.45, 7) is 3.48. The highest BCUT2D eigenvalue weighted by Gasteiger charge is 2.45. The van der Waals surface area contributed by atoms with Crippen molar-refractivity contribution in [1.29, 1.82) is 0 Å². The molecule has 2 aliphatic rings. The van der Waals surface area contributed by atoms with Gasteiger partial charge < -0.3 is 19.5 Å². The lowest BCUT2D eigenvalue weighted by molar-refractivity contribution is -0.0985. The molecule has 4 heterocycles. The van der Waals surface area contributed by atoms with Crippen molar-refractivity contribution in [3.8, 4) is 0 Å². The average Bonchev–Trinajstić information content (AvgIpc) is 3.15. The molecule has 1 spiro atoms. The maximum Gasteiger partial charge on any atom is 0.227 e. The highest BCUT2D eigenvalue weighted by atomic mass is 35.5. The van der Waals surface area contributed by atoms with E-state index in [1.54, 1.807) is 30.6 Å². The Labute approximate surface area is 180 Å². The minimum Gasteiger partial charge on any atom is -0.380 e. The summed E-state index contributed by atoms with van der Waals surface area (Å²) in [4.78, 5) is 16.0. The molecule has 30 heavy (non-hydrogen) atoms. The average molecular weight is 446 g/mol. The van der Waals surface area contributed by atoms with Crippen LogP contribution in [0.1, 0.15) is 12.0 Å². The molecular weight excluding hydrogens is 426 g/mol. The van der Waals surface area contributed by atoms with Crippen LogP contribution in [0.3, 0.4) is 0 Å². The highest BCUT2D eigenvalue weighted by Crippen LogP contribution is 2.40. The standard InChI is InChI=1S/C20H20ClN5O3S/c21-15-7-13(9-30(27)28)1-2-16(15)24-19-23-8-14-3-5-22-18(17(14)25-19)26-6-4-20(10-26)11-29-12-20/h1-3,5,7-8H,4,6,9-12H2,(H,27,28)(H,23,24,25). The van der Waals surface area contributed by atoms with Crippen molar-refractivity contribution in [1.82, 2.24) is 15.0 Å². The number of hydrogen-bond acceptors (Lipinski definition) is 7. The zero-order valence-electron chi connectivity index (χ0n) is 16.0. The normalized spacial score (nSPS) is 18.5. The van der Waals surface area contributed by atoms with Crippen molar-refractivity contribution in [3.05, 3.63) is 47.2 Å². The first kappa shape index (κ1) is 19.6. The first-order chi connectivity index (χ1) is 14.5. The summed E-state index contributed by atoms with van der Waals surface area (Å²) >= 11 is 4.42. The molecule has 0 radical (unpaired) electrons. The van der Waals surface area contributed by atoms with Gasteiger partial charge in [0.25, 0.3) is 0 Å². The van der Waals surface area contributed by atoms with Gasteiger partial charge in [0.1, 0.15) is 5.52 Å². The van der Waals surface area contributed by atoms with Crippen LogP contribution in [0.2, 0.25) is 5.02 Å². The van der Waals surface area contributed by atoms with Gasteiger partial charge in [-0.1, -0.05) is 17.7 Å². The molecule has 10 heteroatoms. The second-order valence-electron chi connectivity index (χ2n) is 7.84. The second-order valence-corrected chi connectivity index (χ2v) is 9.17. The van der Waals surface area contributed by atoms with Crippen LogP contribution in [0.5, 0.6) is 0 Å². The summed E-state index contributed by atoms with van der Waals surface area (Å²) in [5.74, 6) is 1.30. The fourth-order valence-corrected chi connectivity index (χ4v) is 4.70. The van der Waals surface area contributed by atoms with E-state index in [2.05, 4.69) is 20.2 Å². The van der Waals surface area contributed by atoms with Crippen molar-refractivity contribution in [2.75, 3.05) is 36.5 Å². The minimum absolute atomic E-state index is 0.0316. The molecule has 0 aliphatic carbocycles. The van der Waals surface area contributed by atoms with Gasteiger partial charge in [0.05, 0.1) is 29.7 Å². The van der Waals surface area contributed by atoms with E-state index in [0.29, 0.717) is 22.2 Å². The van der Waals surface area contributed by atoms with Crippen LogP contribution in [0.25, 0.3) is 10.9 Å². The van der Waals surface area contributed by atoms with Crippen LogP contribution < -0.4 is 10.2 Å². The van der Waals surface area contributed by atoms with Crippen LogP contribution in [0.4, 0.5) is 17.5 Å². The Bertz CT molecular complexity index is 1140. The molecule has 0 saturated carbocycles. The summed E-state index contributed by atoms with van der Waals surface area (Å²) in [6.07, 6.45) is 4.66. The van der Waals surface area contributed by atoms with Crippen molar-refractivity contribution in [2.24, 2.45) is 5.41 Å². The number of hydrogen-bond donors (Lipinski definition) is 2. The van der Waals surface area contributed by atoms with Gasteiger partial charge in [0.2, 0.25) is 5.95 Å². The molecule has 0 bridgehead atoms. The first-order valence-electron chi connectivity index (χ1n) is 9.59. The Morgan fingerprint density at radius 1 is 1.30 bits per heavy atom. The molecule has 3 aromatic rings.